The van der Waals surface area contributed by atoms with Crippen LogP contribution in [0.15, 0.2) is 24.3 Å². The van der Waals surface area contributed by atoms with Gasteiger partial charge in [0.2, 0.25) is 0 Å². The highest BCUT2D eigenvalue weighted by atomic mass is 16.5. The van der Waals surface area contributed by atoms with Gasteiger partial charge in [-0.2, -0.15) is 0 Å². The van der Waals surface area contributed by atoms with Crippen LogP contribution in [0.1, 0.15) is 24.3 Å². The van der Waals surface area contributed by atoms with Crippen LogP contribution in [0, 0.1) is 5.92 Å². The van der Waals surface area contributed by atoms with Crippen LogP contribution in [0.25, 0.3) is 0 Å². The van der Waals surface area contributed by atoms with Crippen molar-refractivity contribution in [2.75, 3.05) is 20.8 Å². The van der Waals surface area contributed by atoms with Gasteiger partial charge in [0.1, 0.15) is 5.75 Å². The van der Waals surface area contributed by atoms with Gasteiger partial charge in [0.25, 0.3) is 0 Å². The molecule has 0 aromatic heterocycles. The first-order valence-electron chi connectivity index (χ1n) is 6.54. The number of methoxy groups -OCH3 is 2. The fourth-order valence-electron chi connectivity index (χ4n) is 2.52. The molecular formula is C15H18O5. The summed E-state index contributed by atoms with van der Waals surface area (Å²) < 4.78 is 15.0. The minimum absolute atomic E-state index is 0.0862. The molecule has 0 radical (unpaired) electrons. The third-order valence-corrected chi connectivity index (χ3v) is 3.57. The standard InChI is InChI=1S/C15H18O5/c1-18-14(16)12(15(17)19-2)9-10-7-8-20-13-6-4-3-5-11(10)13/h3-6,10,12H,7-9H2,1-2H3. The van der Waals surface area contributed by atoms with Gasteiger partial charge in [0, 0.05) is 0 Å². The molecule has 1 aliphatic heterocycles. The van der Waals surface area contributed by atoms with Crippen molar-refractivity contribution in [3.05, 3.63) is 29.8 Å². The van der Waals surface area contributed by atoms with E-state index in [2.05, 4.69) is 0 Å². The van der Waals surface area contributed by atoms with Crippen molar-refractivity contribution >= 4 is 11.9 Å². The quantitative estimate of drug-likeness (QED) is 0.622. The predicted octanol–water partition coefficient (Wildman–Crippen LogP) is 1.91. The lowest BCUT2D eigenvalue weighted by atomic mass is 9.85. The van der Waals surface area contributed by atoms with Crippen LogP contribution >= 0.6 is 0 Å². The molecule has 0 N–H and O–H groups in total. The van der Waals surface area contributed by atoms with Gasteiger partial charge in [0.05, 0.1) is 20.8 Å². The van der Waals surface area contributed by atoms with Crippen molar-refractivity contribution in [3.63, 3.8) is 0 Å². The maximum absolute atomic E-state index is 11.7. The van der Waals surface area contributed by atoms with Gasteiger partial charge in [-0.3, -0.25) is 9.59 Å². The van der Waals surface area contributed by atoms with Gasteiger partial charge >= 0.3 is 11.9 Å². The molecule has 1 aromatic rings. The van der Waals surface area contributed by atoms with Crippen molar-refractivity contribution in [1.82, 2.24) is 0 Å². The number of fused-ring (bicyclic) bond motifs is 1. The molecule has 0 aliphatic carbocycles. The summed E-state index contributed by atoms with van der Waals surface area (Å²) in [6.07, 6.45) is 1.14. The zero-order valence-electron chi connectivity index (χ0n) is 11.6. The second kappa shape index (κ2) is 6.41. The Morgan fingerprint density at radius 3 is 2.55 bits per heavy atom. The van der Waals surface area contributed by atoms with E-state index in [9.17, 15) is 9.59 Å². The average molecular weight is 278 g/mol. The first-order chi connectivity index (χ1) is 9.67. The summed E-state index contributed by atoms with van der Waals surface area (Å²) in [6.45, 7) is 0.580. The van der Waals surface area contributed by atoms with Gasteiger partial charge in [-0.15, -0.1) is 0 Å². The van der Waals surface area contributed by atoms with Gasteiger partial charge < -0.3 is 14.2 Å². The average Bonchev–Trinajstić information content (AvgIpc) is 2.51. The van der Waals surface area contributed by atoms with Gasteiger partial charge in [-0.1, -0.05) is 18.2 Å². The maximum atomic E-state index is 11.7. The summed E-state index contributed by atoms with van der Waals surface area (Å²) in [6, 6.07) is 7.68. The number of esters is 2. The highest BCUT2D eigenvalue weighted by Gasteiger charge is 2.34. The Morgan fingerprint density at radius 1 is 1.25 bits per heavy atom. The second-order valence-corrected chi connectivity index (χ2v) is 4.71. The Morgan fingerprint density at radius 2 is 1.90 bits per heavy atom. The smallest absolute Gasteiger partial charge is 0.320 e. The summed E-state index contributed by atoms with van der Waals surface area (Å²) in [5.74, 6) is -1.09. The fourth-order valence-corrected chi connectivity index (χ4v) is 2.52. The molecule has 0 fully saturated rings. The molecule has 2 rings (SSSR count). The number of carbonyl (C=O) groups excluding carboxylic acids is 2. The van der Waals surface area contributed by atoms with Crippen LogP contribution in [0.3, 0.4) is 0 Å². The largest absolute Gasteiger partial charge is 0.493 e. The van der Waals surface area contributed by atoms with E-state index in [1.807, 2.05) is 24.3 Å². The summed E-state index contributed by atoms with van der Waals surface area (Å²) >= 11 is 0. The van der Waals surface area contributed by atoms with Crippen LogP contribution in [0.2, 0.25) is 0 Å². The number of ether oxygens (including phenoxy) is 3. The van der Waals surface area contributed by atoms with Crippen LogP contribution < -0.4 is 4.74 Å². The van der Waals surface area contributed by atoms with Crippen molar-refractivity contribution < 1.29 is 23.8 Å². The first kappa shape index (κ1) is 14.4. The van der Waals surface area contributed by atoms with E-state index in [4.69, 9.17) is 14.2 Å². The molecule has 0 saturated heterocycles. The fraction of sp³-hybridized carbons (Fsp3) is 0.467. The van der Waals surface area contributed by atoms with Crippen molar-refractivity contribution in [3.8, 4) is 5.75 Å². The van der Waals surface area contributed by atoms with Crippen LogP contribution in [0.5, 0.6) is 5.75 Å². The SMILES string of the molecule is COC(=O)C(CC1CCOc2ccccc21)C(=O)OC. The molecular weight excluding hydrogens is 260 g/mol. The van der Waals surface area contributed by atoms with E-state index in [1.54, 1.807) is 0 Å². The van der Waals surface area contributed by atoms with Gasteiger partial charge in [0.15, 0.2) is 5.92 Å². The van der Waals surface area contributed by atoms with Gasteiger partial charge in [-0.05, 0) is 30.4 Å². The van der Waals surface area contributed by atoms with Crippen LogP contribution in [-0.2, 0) is 19.1 Å². The minimum Gasteiger partial charge on any atom is -0.493 e. The molecule has 0 bridgehead atoms. The lowest BCUT2D eigenvalue weighted by Crippen LogP contribution is -2.29. The zero-order chi connectivity index (χ0) is 14.5. The minimum atomic E-state index is -0.888. The number of carbonyl (C=O) groups is 2. The van der Waals surface area contributed by atoms with E-state index in [0.29, 0.717) is 13.0 Å². The maximum Gasteiger partial charge on any atom is 0.320 e. The Balaban J connectivity index is 2.19. The predicted molar refractivity (Wildman–Crippen MR) is 71.4 cm³/mol. The number of hydrogen-bond donors (Lipinski definition) is 0. The molecule has 1 atom stereocenters. The Bertz CT molecular complexity index is 481. The van der Waals surface area contributed by atoms with Crippen LogP contribution in [-0.4, -0.2) is 32.8 Å². The lowest BCUT2D eigenvalue weighted by Gasteiger charge is -2.27. The summed E-state index contributed by atoms with van der Waals surface area (Å²) in [4.78, 5) is 23.5. The molecule has 108 valence electrons. The molecule has 0 spiro atoms. The van der Waals surface area contributed by atoms with Crippen molar-refractivity contribution in [2.24, 2.45) is 5.92 Å². The first-order valence-corrected chi connectivity index (χ1v) is 6.54. The van der Waals surface area contributed by atoms with Gasteiger partial charge in [-0.25, -0.2) is 0 Å². The summed E-state index contributed by atoms with van der Waals surface area (Å²) in [5, 5.41) is 0. The summed E-state index contributed by atoms with van der Waals surface area (Å²) in [5.41, 5.74) is 1.02. The lowest BCUT2D eigenvalue weighted by molar-refractivity contribution is -0.159. The molecule has 20 heavy (non-hydrogen) atoms. The van der Waals surface area contributed by atoms with Crippen molar-refractivity contribution in [1.29, 1.82) is 0 Å². The molecule has 0 amide bonds. The Hall–Kier alpha value is -2.04. The number of rotatable bonds is 4. The topological polar surface area (TPSA) is 61.8 Å². The molecule has 5 nitrogen and oxygen atoms in total. The van der Waals surface area contributed by atoms with E-state index < -0.39 is 17.9 Å². The Kier molecular flexibility index (Phi) is 4.61. The normalized spacial score (nSPS) is 17.1. The molecule has 5 heteroatoms. The van der Waals surface area contributed by atoms with E-state index >= 15 is 0 Å². The Labute approximate surface area is 117 Å². The van der Waals surface area contributed by atoms with E-state index in [0.717, 1.165) is 17.7 Å². The number of benzene rings is 1. The molecule has 1 unspecified atom stereocenters. The second-order valence-electron chi connectivity index (χ2n) is 4.71. The monoisotopic (exact) mass is 278 g/mol. The molecule has 1 heterocycles. The number of para-hydroxylation sites is 1. The summed E-state index contributed by atoms with van der Waals surface area (Å²) in [7, 11) is 2.55. The molecule has 0 saturated carbocycles. The van der Waals surface area contributed by atoms with E-state index in [1.165, 1.54) is 14.2 Å². The van der Waals surface area contributed by atoms with Crippen LogP contribution in [0.4, 0.5) is 0 Å². The molecule has 1 aliphatic rings. The highest BCUT2D eigenvalue weighted by molar-refractivity contribution is 5.94. The highest BCUT2D eigenvalue weighted by Crippen LogP contribution is 2.37. The number of hydrogen-bond acceptors (Lipinski definition) is 5. The van der Waals surface area contributed by atoms with Crippen molar-refractivity contribution in [2.45, 2.75) is 18.8 Å². The van der Waals surface area contributed by atoms with E-state index in [-0.39, 0.29) is 5.92 Å². The third kappa shape index (κ3) is 2.92. The third-order valence-electron chi connectivity index (χ3n) is 3.57. The zero-order valence-corrected chi connectivity index (χ0v) is 11.6. The molecule has 1 aromatic carbocycles.